The molecule has 3 N–H and O–H groups in total. The summed E-state index contributed by atoms with van der Waals surface area (Å²) in [5.74, 6) is -0.997. The van der Waals surface area contributed by atoms with Gasteiger partial charge in [0.25, 0.3) is 0 Å². The van der Waals surface area contributed by atoms with Gasteiger partial charge in [-0.25, -0.2) is 13.1 Å². The molecular formula is C22H22Cl2N2O4S. The van der Waals surface area contributed by atoms with Crippen molar-refractivity contribution >= 4 is 50.1 Å². The van der Waals surface area contributed by atoms with Crippen molar-refractivity contribution in [1.29, 1.82) is 0 Å². The highest BCUT2D eigenvalue weighted by molar-refractivity contribution is 7.89. The summed E-state index contributed by atoms with van der Waals surface area (Å²) in [5, 5.41) is 10.7. The van der Waals surface area contributed by atoms with E-state index < -0.39 is 16.0 Å². The Hall–Kier alpha value is -2.06. The van der Waals surface area contributed by atoms with E-state index in [4.69, 9.17) is 23.2 Å². The minimum atomic E-state index is -3.83. The molecule has 6 nitrogen and oxygen atoms in total. The molecule has 2 aromatic carbocycles. The molecule has 1 saturated carbocycles. The molecule has 1 aromatic heterocycles. The molecular weight excluding hydrogens is 459 g/mol. The first kappa shape index (κ1) is 22.1. The monoisotopic (exact) mass is 480 g/mol. The molecule has 0 spiro atoms. The molecule has 4 rings (SSSR count). The molecule has 0 radical (unpaired) electrons. The van der Waals surface area contributed by atoms with Gasteiger partial charge in [0.15, 0.2) is 0 Å². The SMILES string of the molecule is O=C(O)Cc1c(-c2ccc(Cl)c(S(=O)(=O)NC3CCCCC3)c2)[nH]c2c(Cl)cccc12. The van der Waals surface area contributed by atoms with Gasteiger partial charge in [0.05, 0.1) is 27.7 Å². The van der Waals surface area contributed by atoms with Gasteiger partial charge in [-0.3, -0.25) is 4.79 Å². The van der Waals surface area contributed by atoms with E-state index in [-0.39, 0.29) is 22.4 Å². The molecule has 0 aliphatic heterocycles. The van der Waals surface area contributed by atoms with Gasteiger partial charge < -0.3 is 10.1 Å². The number of benzene rings is 2. The van der Waals surface area contributed by atoms with Crippen molar-refractivity contribution in [3.05, 3.63) is 52.0 Å². The summed E-state index contributed by atoms with van der Waals surface area (Å²) < 4.78 is 28.9. The van der Waals surface area contributed by atoms with Crippen molar-refractivity contribution in [2.45, 2.75) is 49.5 Å². The second kappa shape index (κ2) is 8.82. The van der Waals surface area contributed by atoms with Crippen molar-refractivity contribution in [3.63, 3.8) is 0 Å². The molecule has 1 fully saturated rings. The van der Waals surface area contributed by atoms with E-state index in [9.17, 15) is 18.3 Å². The fourth-order valence-corrected chi connectivity index (χ4v) is 6.24. The van der Waals surface area contributed by atoms with Gasteiger partial charge in [-0.2, -0.15) is 0 Å². The first-order valence-electron chi connectivity index (χ1n) is 10.1. The Bertz CT molecular complexity index is 1250. The number of para-hydroxylation sites is 1. The maximum absolute atomic E-state index is 13.1. The summed E-state index contributed by atoms with van der Waals surface area (Å²) in [4.78, 5) is 14.7. The zero-order valence-electron chi connectivity index (χ0n) is 16.6. The zero-order valence-corrected chi connectivity index (χ0v) is 18.9. The number of aromatic amines is 1. The molecule has 1 aliphatic carbocycles. The summed E-state index contributed by atoms with van der Waals surface area (Å²) in [6, 6.07) is 9.82. The molecule has 164 valence electrons. The number of sulfonamides is 1. The minimum Gasteiger partial charge on any atom is -0.481 e. The number of H-pyrrole nitrogens is 1. The Morgan fingerprint density at radius 2 is 1.84 bits per heavy atom. The fraction of sp³-hybridized carbons (Fsp3) is 0.318. The van der Waals surface area contributed by atoms with E-state index in [1.807, 2.05) is 0 Å². The standard InChI is InChI=1S/C22H22Cl2N2O4S/c23-17-10-9-13(11-19(17)31(29,30)26-14-5-2-1-3-6-14)21-16(12-20(27)28)15-7-4-8-18(24)22(15)25-21/h4,7-11,14,25-26H,1-3,5-6,12H2,(H,27,28). The Kier molecular flexibility index (Phi) is 6.30. The summed E-state index contributed by atoms with van der Waals surface area (Å²) in [6.45, 7) is 0. The quantitative estimate of drug-likeness (QED) is 0.440. The third-order valence-corrected chi connectivity index (χ3v) is 7.97. The number of hydrogen-bond donors (Lipinski definition) is 3. The fourth-order valence-electron chi connectivity index (χ4n) is 4.19. The van der Waals surface area contributed by atoms with E-state index in [2.05, 4.69) is 9.71 Å². The summed E-state index contributed by atoms with van der Waals surface area (Å²) in [5.41, 5.74) is 2.18. The third kappa shape index (κ3) is 4.60. The van der Waals surface area contributed by atoms with Gasteiger partial charge in [-0.05, 0) is 42.2 Å². The van der Waals surface area contributed by atoms with E-state index in [1.54, 1.807) is 24.3 Å². The molecule has 0 unspecified atom stereocenters. The van der Waals surface area contributed by atoms with E-state index in [0.29, 0.717) is 32.7 Å². The number of carboxylic acids is 1. The summed E-state index contributed by atoms with van der Waals surface area (Å²) in [7, 11) is -3.83. The van der Waals surface area contributed by atoms with Crippen molar-refractivity contribution in [2.75, 3.05) is 0 Å². The number of carboxylic acid groups (broad SMARTS) is 1. The van der Waals surface area contributed by atoms with Crippen molar-refractivity contribution in [2.24, 2.45) is 0 Å². The van der Waals surface area contributed by atoms with Crippen molar-refractivity contribution < 1.29 is 18.3 Å². The maximum atomic E-state index is 13.1. The molecule has 0 atom stereocenters. The molecule has 3 aromatic rings. The Morgan fingerprint density at radius 1 is 1.10 bits per heavy atom. The minimum absolute atomic E-state index is 0.0248. The number of nitrogens with one attached hydrogen (secondary N) is 2. The smallest absolute Gasteiger partial charge is 0.307 e. The van der Waals surface area contributed by atoms with Crippen LogP contribution in [-0.4, -0.2) is 30.5 Å². The average Bonchev–Trinajstić information content (AvgIpc) is 3.08. The topological polar surface area (TPSA) is 99.3 Å². The second-order valence-corrected chi connectivity index (χ2v) is 10.3. The van der Waals surface area contributed by atoms with Crippen LogP contribution in [0.3, 0.4) is 0 Å². The number of hydrogen-bond acceptors (Lipinski definition) is 3. The highest BCUT2D eigenvalue weighted by atomic mass is 35.5. The van der Waals surface area contributed by atoms with Crippen LogP contribution < -0.4 is 4.72 Å². The van der Waals surface area contributed by atoms with Gasteiger partial charge in [-0.15, -0.1) is 0 Å². The van der Waals surface area contributed by atoms with Crippen LogP contribution in [0.2, 0.25) is 10.0 Å². The van der Waals surface area contributed by atoms with Gasteiger partial charge in [0.1, 0.15) is 4.90 Å². The molecule has 1 aliphatic rings. The van der Waals surface area contributed by atoms with E-state index >= 15 is 0 Å². The second-order valence-electron chi connectivity index (χ2n) is 7.81. The number of carbonyl (C=O) groups is 1. The Morgan fingerprint density at radius 3 is 2.55 bits per heavy atom. The van der Waals surface area contributed by atoms with Crippen molar-refractivity contribution in [3.8, 4) is 11.3 Å². The van der Waals surface area contributed by atoms with Crippen LogP contribution in [0.5, 0.6) is 0 Å². The normalized spacial score (nSPS) is 15.4. The van der Waals surface area contributed by atoms with Gasteiger partial charge in [0, 0.05) is 11.4 Å². The number of rotatable bonds is 6. The lowest BCUT2D eigenvalue weighted by atomic mass is 9.96. The first-order chi connectivity index (χ1) is 14.8. The Labute approximate surface area is 190 Å². The zero-order chi connectivity index (χ0) is 22.2. The maximum Gasteiger partial charge on any atom is 0.307 e. The largest absolute Gasteiger partial charge is 0.481 e. The summed E-state index contributed by atoms with van der Waals surface area (Å²) >= 11 is 12.6. The highest BCUT2D eigenvalue weighted by Gasteiger charge is 2.25. The van der Waals surface area contributed by atoms with Crippen LogP contribution in [0.15, 0.2) is 41.3 Å². The average molecular weight is 481 g/mol. The number of fused-ring (bicyclic) bond motifs is 1. The van der Waals surface area contributed by atoms with Crippen LogP contribution >= 0.6 is 23.2 Å². The lowest BCUT2D eigenvalue weighted by Gasteiger charge is -2.23. The van der Waals surface area contributed by atoms with Gasteiger partial charge in [0.2, 0.25) is 10.0 Å². The third-order valence-electron chi connectivity index (χ3n) is 5.65. The molecule has 0 bridgehead atoms. The van der Waals surface area contributed by atoms with Crippen molar-refractivity contribution in [1.82, 2.24) is 9.71 Å². The Balaban J connectivity index is 1.80. The van der Waals surface area contributed by atoms with Crippen LogP contribution in [0.4, 0.5) is 0 Å². The van der Waals surface area contributed by atoms with E-state index in [0.717, 1.165) is 32.1 Å². The lowest BCUT2D eigenvalue weighted by molar-refractivity contribution is -0.136. The van der Waals surface area contributed by atoms with Crippen LogP contribution in [0, 0.1) is 0 Å². The summed E-state index contributed by atoms with van der Waals surface area (Å²) in [6.07, 6.45) is 4.48. The molecule has 1 heterocycles. The molecule has 9 heteroatoms. The molecule has 0 saturated heterocycles. The predicted octanol–water partition coefficient (Wildman–Crippen LogP) is 5.38. The van der Waals surface area contributed by atoms with Crippen LogP contribution in [0.1, 0.15) is 37.7 Å². The highest BCUT2D eigenvalue weighted by Crippen LogP contribution is 2.36. The number of aromatic nitrogens is 1. The first-order valence-corrected chi connectivity index (χ1v) is 12.3. The predicted molar refractivity (Wildman–Crippen MR) is 122 cm³/mol. The lowest BCUT2D eigenvalue weighted by Crippen LogP contribution is -2.36. The number of halogens is 2. The number of aliphatic carboxylic acids is 1. The van der Waals surface area contributed by atoms with Crippen LogP contribution in [0.25, 0.3) is 22.2 Å². The van der Waals surface area contributed by atoms with Gasteiger partial charge >= 0.3 is 5.97 Å². The molecule has 0 amide bonds. The van der Waals surface area contributed by atoms with Gasteiger partial charge in [-0.1, -0.05) is 60.7 Å². The molecule has 31 heavy (non-hydrogen) atoms. The van der Waals surface area contributed by atoms with Crippen LogP contribution in [-0.2, 0) is 21.2 Å². The van der Waals surface area contributed by atoms with E-state index in [1.165, 1.54) is 12.1 Å².